The molecule has 0 bridgehead atoms. The average molecular weight is 179 g/mol. The smallest absolute Gasteiger partial charge is 0.337 e. The topological polar surface area (TPSA) is 59.3 Å². The lowest BCUT2D eigenvalue weighted by atomic mass is 10.1. The highest BCUT2D eigenvalue weighted by Gasteiger charge is 2.19. The summed E-state index contributed by atoms with van der Waals surface area (Å²) in [5, 5.41) is 8.70. The van der Waals surface area contributed by atoms with Crippen LogP contribution in [0.25, 0.3) is 0 Å². The summed E-state index contributed by atoms with van der Waals surface area (Å²) in [6, 6.07) is 1.57. The number of rotatable bonds is 1. The number of carboxylic acid groups (broad SMARTS) is 1. The van der Waals surface area contributed by atoms with Crippen LogP contribution < -0.4 is 0 Å². The summed E-state index contributed by atoms with van der Waals surface area (Å²) in [7, 11) is 0. The van der Waals surface area contributed by atoms with Gasteiger partial charge in [-0.3, -0.25) is 9.36 Å². The Morgan fingerprint density at radius 1 is 1.46 bits per heavy atom. The molecule has 1 aromatic rings. The Bertz CT molecular complexity index is 378. The van der Waals surface area contributed by atoms with Crippen molar-refractivity contribution in [1.82, 2.24) is 4.57 Å². The third-order valence-electron chi connectivity index (χ3n) is 2.24. The summed E-state index contributed by atoms with van der Waals surface area (Å²) in [5.74, 6) is -0.983. The van der Waals surface area contributed by atoms with Gasteiger partial charge in [-0.05, 0) is 18.9 Å². The number of aromatic nitrogens is 1. The SMILES string of the molecule is O=C(O)c1cc2n(c1)C(=O)CCC2. The van der Waals surface area contributed by atoms with Gasteiger partial charge in [-0.15, -0.1) is 0 Å². The van der Waals surface area contributed by atoms with E-state index in [1.165, 1.54) is 10.8 Å². The summed E-state index contributed by atoms with van der Waals surface area (Å²) in [6.45, 7) is 0. The first-order valence-corrected chi connectivity index (χ1v) is 4.16. The van der Waals surface area contributed by atoms with Crippen molar-refractivity contribution in [2.75, 3.05) is 0 Å². The van der Waals surface area contributed by atoms with Gasteiger partial charge in [0, 0.05) is 18.3 Å². The minimum Gasteiger partial charge on any atom is -0.478 e. The van der Waals surface area contributed by atoms with Gasteiger partial charge in [0.05, 0.1) is 5.56 Å². The second kappa shape index (κ2) is 2.73. The number of carboxylic acids is 1. The van der Waals surface area contributed by atoms with Crippen LogP contribution in [0.2, 0.25) is 0 Å². The van der Waals surface area contributed by atoms with E-state index in [-0.39, 0.29) is 11.5 Å². The monoisotopic (exact) mass is 179 g/mol. The molecule has 4 nitrogen and oxygen atoms in total. The predicted octanol–water partition coefficient (Wildman–Crippen LogP) is 1.16. The van der Waals surface area contributed by atoms with Crippen LogP contribution in [0.5, 0.6) is 0 Å². The average Bonchev–Trinajstić information content (AvgIpc) is 2.49. The summed E-state index contributed by atoms with van der Waals surface area (Å²) < 4.78 is 1.45. The quantitative estimate of drug-likeness (QED) is 0.703. The first kappa shape index (κ1) is 8.04. The highest BCUT2D eigenvalue weighted by atomic mass is 16.4. The zero-order valence-corrected chi connectivity index (χ0v) is 6.99. The number of aromatic carboxylic acids is 1. The van der Waals surface area contributed by atoms with E-state index in [1.807, 2.05) is 0 Å². The van der Waals surface area contributed by atoms with Gasteiger partial charge in [-0.25, -0.2) is 4.79 Å². The van der Waals surface area contributed by atoms with Gasteiger partial charge in [0.25, 0.3) is 0 Å². The highest BCUT2D eigenvalue weighted by Crippen LogP contribution is 2.17. The zero-order valence-electron chi connectivity index (χ0n) is 6.99. The number of fused-ring (bicyclic) bond motifs is 1. The van der Waals surface area contributed by atoms with E-state index in [1.54, 1.807) is 6.07 Å². The molecule has 0 saturated carbocycles. The molecule has 0 unspecified atom stereocenters. The van der Waals surface area contributed by atoms with Gasteiger partial charge in [0.2, 0.25) is 5.91 Å². The van der Waals surface area contributed by atoms with E-state index in [9.17, 15) is 9.59 Å². The maximum Gasteiger partial charge on any atom is 0.337 e. The molecule has 13 heavy (non-hydrogen) atoms. The molecule has 68 valence electrons. The van der Waals surface area contributed by atoms with Crippen LogP contribution in [-0.4, -0.2) is 21.6 Å². The van der Waals surface area contributed by atoms with Gasteiger partial charge in [-0.1, -0.05) is 0 Å². The summed E-state index contributed by atoms with van der Waals surface area (Å²) >= 11 is 0. The zero-order chi connectivity index (χ0) is 9.42. The van der Waals surface area contributed by atoms with Crippen molar-refractivity contribution in [3.05, 3.63) is 23.5 Å². The molecular formula is C9H9NO3. The maximum absolute atomic E-state index is 11.3. The number of aryl methyl sites for hydroxylation is 1. The minimum atomic E-state index is -0.977. The van der Waals surface area contributed by atoms with Crippen LogP contribution in [0.4, 0.5) is 0 Å². The van der Waals surface area contributed by atoms with E-state index in [0.717, 1.165) is 18.5 Å². The summed E-state index contributed by atoms with van der Waals surface area (Å²) in [6.07, 6.45) is 3.53. The molecule has 2 rings (SSSR count). The van der Waals surface area contributed by atoms with Crippen molar-refractivity contribution in [2.45, 2.75) is 19.3 Å². The van der Waals surface area contributed by atoms with E-state index < -0.39 is 5.97 Å². The number of hydrogen-bond donors (Lipinski definition) is 1. The summed E-state index contributed by atoms with van der Waals surface area (Å²) in [5.41, 5.74) is 1.01. The van der Waals surface area contributed by atoms with Crippen LogP contribution in [0.1, 0.15) is 33.7 Å². The highest BCUT2D eigenvalue weighted by molar-refractivity contribution is 5.90. The lowest BCUT2D eigenvalue weighted by molar-refractivity contribution is 0.0697. The normalized spacial score (nSPS) is 15.5. The molecule has 0 saturated heterocycles. The molecule has 0 aromatic carbocycles. The number of nitrogens with zero attached hydrogens (tertiary/aromatic N) is 1. The fourth-order valence-electron chi connectivity index (χ4n) is 1.59. The standard InChI is InChI=1S/C9H9NO3/c11-8-3-1-2-7-4-6(9(12)13)5-10(7)8/h4-5H,1-3H2,(H,12,13). The number of carbonyl (C=O) groups excluding carboxylic acids is 1. The molecule has 0 radical (unpaired) electrons. The van der Waals surface area contributed by atoms with Crippen LogP contribution in [-0.2, 0) is 6.42 Å². The van der Waals surface area contributed by atoms with Gasteiger partial charge < -0.3 is 5.11 Å². The Labute approximate surface area is 74.8 Å². The predicted molar refractivity (Wildman–Crippen MR) is 45.0 cm³/mol. The largest absolute Gasteiger partial charge is 0.478 e. The molecule has 1 aliphatic heterocycles. The van der Waals surface area contributed by atoms with Crippen LogP contribution >= 0.6 is 0 Å². The van der Waals surface area contributed by atoms with Crippen LogP contribution in [0.15, 0.2) is 12.3 Å². The Hall–Kier alpha value is -1.58. The molecule has 1 aliphatic rings. The Morgan fingerprint density at radius 2 is 2.23 bits per heavy atom. The Balaban J connectivity index is 2.48. The van der Waals surface area contributed by atoms with Crippen molar-refractivity contribution < 1.29 is 14.7 Å². The van der Waals surface area contributed by atoms with Crippen molar-refractivity contribution in [3.63, 3.8) is 0 Å². The third-order valence-corrected chi connectivity index (χ3v) is 2.24. The molecule has 2 heterocycles. The fourth-order valence-corrected chi connectivity index (χ4v) is 1.59. The van der Waals surface area contributed by atoms with E-state index in [0.29, 0.717) is 6.42 Å². The fraction of sp³-hybridized carbons (Fsp3) is 0.333. The van der Waals surface area contributed by atoms with Gasteiger partial charge in [0.1, 0.15) is 0 Å². The number of hydrogen-bond acceptors (Lipinski definition) is 2. The van der Waals surface area contributed by atoms with E-state index in [4.69, 9.17) is 5.11 Å². The Kier molecular flexibility index (Phi) is 1.69. The lowest BCUT2D eigenvalue weighted by Gasteiger charge is -2.12. The molecule has 0 aliphatic carbocycles. The van der Waals surface area contributed by atoms with Crippen LogP contribution in [0.3, 0.4) is 0 Å². The number of carbonyl (C=O) groups is 2. The first-order chi connectivity index (χ1) is 6.18. The third kappa shape index (κ3) is 1.24. The molecule has 1 N–H and O–H groups in total. The summed E-state index contributed by atoms with van der Waals surface area (Å²) in [4.78, 5) is 21.9. The van der Waals surface area contributed by atoms with Crippen LogP contribution in [0, 0.1) is 0 Å². The second-order valence-corrected chi connectivity index (χ2v) is 3.14. The molecule has 0 atom stereocenters. The second-order valence-electron chi connectivity index (χ2n) is 3.14. The van der Waals surface area contributed by atoms with Crippen molar-refractivity contribution >= 4 is 11.9 Å². The molecule has 0 amide bonds. The maximum atomic E-state index is 11.3. The van der Waals surface area contributed by atoms with Gasteiger partial charge >= 0.3 is 5.97 Å². The van der Waals surface area contributed by atoms with Gasteiger partial charge in [0.15, 0.2) is 0 Å². The molecule has 0 spiro atoms. The molecule has 4 heteroatoms. The Morgan fingerprint density at radius 3 is 2.85 bits per heavy atom. The van der Waals surface area contributed by atoms with Crippen molar-refractivity contribution in [3.8, 4) is 0 Å². The molecule has 0 fully saturated rings. The minimum absolute atomic E-state index is 0.00579. The van der Waals surface area contributed by atoms with Gasteiger partial charge in [-0.2, -0.15) is 0 Å². The van der Waals surface area contributed by atoms with E-state index >= 15 is 0 Å². The van der Waals surface area contributed by atoms with E-state index in [2.05, 4.69) is 0 Å². The van der Waals surface area contributed by atoms with Crippen molar-refractivity contribution in [2.24, 2.45) is 0 Å². The molecular weight excluding hydrogens is 170 g/mol. The van der Waals surface area contributed by atoms with Crippen molar-refractivity contribution in [1.29, 1.82) is 0 Å². The molecule has 1 aromatic heterocycles. The first-order valence-electron chi connectivity index (χ1n) is 4.16. The lowest BCUT2D eigenvalue weighted by Crippen LogP contribution is -2.17.